The van der Waals surface area contributed by atoms with Crippen LogP contribution in [0.25, 0.3) is 0 Å². The second-order valence-electron chi connectivity index (χ2n) is 4.36. The van der Waals surface area contributed by atoms with Gasteiger partial charge in [0, 0.05) is 11.9 Å². The average Bonchev–Trinajstić information content (AvgIpc) is 2.17. The number of hydrogen-bond acceptors (Lipinski definition) is 1. The Bertz CT molecular complexity index is 291. The maximum absolute atomic E-state index is 4.40. The van der Waals surface area contributed by atoms with Crippen molar-refractivity contribution < 1.29 is 0 Å². The van der Waals surface area contributed by atoms with E-state index in [4.69, 9.17) is 0 Å². The fraction of sp³-hybridized carbons (Fsp3) is 0.615. The maximum Gasteiger partial charge on any atom is 0.0412 e. The van der Waals surface area contributed by atoms with Crippen LogP contribution in [0.4, 0.5) is 0 Å². The molecule has 0 aromatic carbocycles. The van der Waals surface area contributed by atoms with E-state index >= 15 is 0 Å². The van der Waals surface area contributed by atoms with Crippen LogP contribution in [0.15, 0.2) is 12.3 Å². The molecule has 0 aliphatic heterocycles. The molecule has 0 saturated carbocycles. The topological polar surface area (TPSA) is 12.9 Å². The molecule has 0 saturated heterocycles. The average molecular weight is 191 g/mol. The molecule has 0 bridgehead atoms. The molecule has 1 heteroatoms. The van der Waals surface area contributed by atoms with Crippen LogP contribution in [0.5, 0.6) is 0 Å². The van der Waals surface area contributed by atoms with Gasteiger partial charge < -0.3 is 0 Å². The van der Waals surface area contributed by atoms with Crippen molar-refractivity contribution in [2.75, 3.05) is 0 Å². The van der Waals surface area contributed by atoms with Gasteiger partial charge in [0.2, 0.25) is 0 Å². The van der Waals surface area contributed by atoms with Crippen molar-refractivity contribution in [3.63, 3.8) is 0 Å². The molecule has 1 rings (SSSR count). The fourth-order valence-electron chi connectivity index (χ4n) is 2.21. The number of hydrogen-bond donors (Lipinski definition) is 0. The molecule has 14 heavy (non-hydrogen) atoms. The van der Waals surface area contributed by atoms with Crippen LogP contribution in [0, 0.1) is 13.8 Å². The lowest BCUT2D eigenvalue weighted by Gasteiger charge is -2.30. The van der Waals surface area contributed by atoms with E-state index in [1.54, 1.807) is 0 Å². The Balaban J connectivity index is 3.29. The summed E-state index contributed by atoms with van der Waals surface area (Å²) in [6, 6.07) is 2.12. The molecule has 0 radical (unpaired) electrons. The van der Waals surface area contributed by atoms with E-state index < -0.39 is 0 Å². The van der Waals surface area contributed by atoms with Crippen LogP contribution < -0.4 is 0 Å². The van der Waals surface area contributed by atoms with Gasteiger partial charge in [0.05, 0.1) is 0 Å². The smallest absolute Gasteiger partial charge is 0.0412 e. The number of nitrogens with zero attached hydrogens (tertiary/aromatic N) is 1. The molecule has 1 heterocycles. The van der Waals surface area contributed by atoms with Crippen LogP contribution in [-0.2, 0) is 5.41 Å². The minimum absolute atomic E-state index is 0.294. The third-order valence-corrected chi connectivity index (χ3v) is 3.51. The van der Waals surface area contributed by atoms with E-state index in [-0.39, 0.29) is 0 Å². The molecule has 0 aliphatic rings. The number of aryl methyl sites for hydroxylation is 2. The minimum atomic E-state index is 0.294. The Labute approximate surface area is 87.6 Å². The highest BCUT2D eigenvalue weighted by molar-refractivity contribution is 5.35. The predicted octanol–water partition coefficient (Wildman–Crippen LogP) is 3.78. The van der Waals surface area contributed by atoms with Gasteiger partial charge in [-0.3, -0.25) is 4.98 Å². The molecule has 0 amide bonds. The summed E-state index contributed by atoms with van der Waals surface area (Å²) in [6.07, 6.45) is 4.26. The first-order chi connectivity index (χ1) is 6.55. The van der Waals surface area contributed by atoms with Crippen molar-refractivity contribution >= 4 is 0 Å². The van der Waals surface area contributed by atoms with Crippen molar-refractivity contribution in [1.82, 2.24) is 4.98 Å². The zero-order chi connectivity index (χ0) is 10.8. The molecule has 0 fully saturated rings. The molecule has 0 N–H and O–H groups in total. The normalized spacial score (nSPS) is 11.8. The summed E-state index contributed by atoms with van der Waals surface area (Å²) in [5.74, 6) is 0. The predicted molar refractivity (Wildman–Crippen MR) is 61.6 cm³/mol. The van der Waals surface area contributed by atoms with Crippen molar-refractivity contribution in [3.05, 3.63) is 29.1 Å². The van der Waals surface area contributed by atoms with E-state index in [1.165, 1.54) is 29.7 Å². The largest absolute Gasteiger partial charge is 0.261 e. The van der Waals surface area contributed by atoms with Gasteiger partial charge in [-0.1, -0.05) is 20.8 Å². The van der Waals surface area contributed by atoms with Gasteiger partial charge >= 0.3 is 0 Å². The standard InChI is InChI=1S/C13H21N/c1-6-13(5,7-2)12-10(3)8-9-14-11(12)4/h8-9H,6-7H2,1-5H3. The molecule has 1 aromatic heterocycles. The minimum Gasteiger partial charge on any atom is -0.261 e. The quantitative estimate of drug-likeness (QED) is 0.708. The Morgan fingerprint density at radius 2 is 1.79 bits per heavy atom. The summed E-state index contributed by atoms with van der Waals surface area (Å²) in [5.41, 5.74) is 4.31. The molecule has 0 atom stereocenters. The number of rotatable bonds is 3. The third-order valence-electron chi connectivity index (χ3n) is 3.51. The van der Waals surface area contributed by atoms with Gasteiger partial charge in [-0.2, -0.15) is 0 Å². The van der Waals surface area contributed by atoms with Crippen molar-refractivity contribution in [3.8, 4) is 0 Å². The van der Waals surface area contributed by atoms with Gasteiger partial charge in [0.1, 0.15) is 0 Å². The van der Waals surface area contributed by atoms with E-state index in [2.05, 4.69) is 45.7 Å². The Morgan fingerprint density at radius 3 is 2.21 bits per heavy atom. The van der Waals surface area contributed by atoms with Gasteiger partial charge in [-0.05, 0) is 49.3 Å². The molecule has 0 unspecified atom stereocenters. The van der Waals surface area contributed by atoms with E-state index in [9.17, 15) is 0 Å². The molecule has 78 valence electrons. The molecule has 0 aliphatic carbocycles. The summed E-state index contributed by atoms with van der Waals surface area (Å²) >= 11 is 0. The maximum atomic E-state index is 4.40. The summed E-state index contributed by atoms with van der Waals surface area (Å²) in [6.45, 7) is 11.2. The van der Waals surface area contributed by atoms with Crippen molar-refractivity contribution in [1.29, 1.82) is 0 Å². The van der Waals surface area contributed by atoms with Crippen LogP contribution in [-0.4, -0.2) is 4.98 Å². The monoisotopic (exact) mass is 191 g/mol. The lowest BCUT2D eigenvalue weighted by Crippen LogP contribution is -2.22. The number of pyridine rings is 1. The third kappa shape index (κ3) is 1.82. The SMILES string of the molecule is CCC(C)(CC)c1c(C)ccnc1C. The van der Waals surface area contributed by atoms with E-state index in [1.807, 2.05) is 6.20 Å². The summed E-state index contributed by atoms with van der Waals surface area (Å²) in [5, 5.41) is 0. The van der Waals surface area contributed by atoms with Crippen LogP contribution in [0.3, 0.4) is 0 Å². The lowest BCUT2D eigenvalue weighted by atomic mass is 9.75. The molecule has 1 nitrogen and oxygen atoms in total. The summed E-state index contributed by atoms with van der Waals surface area (Å²) < 4.78 is 0. The Kier molecular flexibility index (Phi) is 3.30. The lowest BCUT2D eigenvalue weighted by molar-refractivity contribution is 0.432. The van der Waals surface area contributed by atoms with E-state index in [0.29, 0.717) is 5.41 Å². The highest BCUT2D eigenvalue weighted by Crippen LogP contribution is 2.34. The highest BCUT2D eigenvalue weighted by atomic mass is 14.7. The second-order valence-corrected chi connectivity index (χ2v) is 4.36. The van der Waals surface area contributed by atoms with Crippen molar-refractivity contribution in [2.24, 2.45) is 0 Å². The first-order valence-corrected chi connectivity index (χ1v) is 5.48. The molecular weight excluding hydrogens is 170 g/mol. The summed E-state index contributed by atoms with van der Waals surface area (Å²) in [4.78, 5) is 4.40. The van der Waals surface area contributed by atoms with Crippen LogP contribution in [0.2, 0.25) is 0 Å². The second kappa shape index (κ2) is 4.12. The summed E-state index contributed by atoms with van der Waals surface area (Å²) in [7, 11) is 0. The van der Waals surface area contributed by atoms with Crippen LogP contribution in [0.1, 0.15) is 50.4 Å². The van der Waals surface area contributed by atoms with Gasteiger partial charge in [-0.25, -0.2) is 0 Å². The molecular formula is C13H21N. The molecule has 1 aromatic rings. The van der Waals surface area contributed by atoms with Gasteiger partial charge in [0.25, 0.3) is 0 Å². The number of aromatic nitrogens is 1. The van der Waals surface area contributed by atoms with Gasteiger partial charge in [-0.15, -0.1) is 0 Å². The zero-order valence-corrected chi connectivity index (χ0v) is 10.0. The zero-order valence-electron chi connectivity index (χ0n) is 10.0. The van der Waals surface area contributed by atoms with E-state index in [0.717, 1.165) is 0 Å². The first kappa shape index (κ1) is 11.2. The van der Waals surface area contributed by atoms with Crippen LogP contribution >= 0.6 is 0 Å². The van der Waals surface area contributed by atoms with Crippen molar-refractivity contribution in [2.45, 2.75) is 52.9 Å². The Hall–Kier alpha value is -0.850. The molecule has 0 spiro atoms. The first-order valence-electron chi connectivity index (χ1n) is 5.48. The Morgan fingerprint density at radius 1 is 1.21 bits per heavy atom. The van der Waals surface area contributed by atoms with Gasteiger partial charge in [0.15, 0.2) is 0 Å². The highest BCUT2D eigenvalue weighted by Gasteiger charge is 2.26. The fourth-order valence-corrected chi connectivity index (χ4v) is 2.21.